The predicted octanol–water partition coefficient (Wildman–Crippen LogP) is 7.84. The van der Waals surface area contributed by atoms with Crippen LogP contribution in [0, 0.1) is 5.41 Å². The van der Waals surface area contributed by atoms with Crippen molar-refractivity contribution in [2.45, 2.75) is 156 Å². The number of aliphatic hydroxyl groups excluding tert-OH is 1. The maximum Gasteiger partial charge on any atom is 0.412 e. The van der Waals surface area contributed by atoms with Crippen molar-refractivity contribution in [3.05, 3.63) is 0 Å². The molecule has 1 rings (SSSR count). The van der Waals surface area contributed by atoms with Crippen molar-refractivity contribution < 1.29 is 19.4 Å². The van der Waals surface area contributed by atoms with Crippen LogP contribution in [-0.2, 0) is 9.47 Å². The Balaban J connectivity index is 2.44. The summed E-state index contributed by atoms with van der Waals surface area (Å²) in [6.45, 7) is 14.7. The Morgan fingerprint density at radius 3 is 1.79 bits per heavy atom. The van der Waals surface area contributed by atoms with Crippen LogP contribution in [0.1, 0.15) is 138 Å². The molecule has 0 aromatic carbocycles. The van der Waals surface area contributed by atoms with Crippen LogP contribution in [0.15, 0.2) is 0 Å². The van der Waals surface area contributed by atoms with E-state index in [1.54, 1.807) is 4.90 Å². The van der Waals surface area contributed by atoms with Crippen LogP contribution in [-0.4, -0.2) is 46.7 Å². The van der Waals surface area contributed by atoms with Crippen molar-refractivity contribution in [3.63, 3.8) is 0 Å². The molecular weight excluding hydrogens is 414 g/mol. The van der Waals surface area contributed by atoms with Gasteiger partial charge in [0.2, 0.25) is 0 Å². The van der Waals surface area contributed by atoms with Crippen molar-refractivity contribution in [1.82, 2.24) is 4.90 Å². The molecule has 2 atom stereocenters. The fraction of sp³-hybridized carbons (Fsp3) is 0.964. The fourth-order valence-corrected chi connectivity index (χ4v) is 5.36. The first-order valence-corrected chi connectivity index (χ1v) is 13.8. The van der Waals surface area contributed by atoms with Crippen molar-refractivity contribution in [1.29, 1.82) is 0 Å². The Kier molecular flexibility index (Phi) is 13.3. The summed E-state index contributed by atoms with van der Waals surface area (Å²) >= 11 is 0. The lowest BCUT2D eigenvalue weighted by atomic mass is 9.68. The van der Waals surface area contributed by atoms with E-state index in [-0.39, 0.29) is 5.41 Å². The van der Waals surface area contributed by atoms with Gasteiger partial charge in [0.05, 0.1) is 19.3 Å². The highest BCUT2D eigenvalue weighted by Crippen LogP contribution is 2.49. The van der Waals surface area contributed by atoms with E-state index in [0.717, 1.165) is 12.8 Å². The van der Waals surface area contributed by atoms with Gasteiger partial charge in [0.15, 0.2) is 0 Å². The number of nitrogens with zero attached hydrogens (tertiary/aromatic N) is 1. The molecule has 1 aliphatic rings. The molecule has 0 aromatic heterocycles. The summed E-state index contributed by atoms with van der Waals surface area (Å²) in [6, 6.07) is 0. The van der Waals surface area contributed by atoms with E-state index in [4.69, 9.17) is 9.47 Å². The Hall–Kier alpha value is -0.810. The number of carbonyl (C=O) groups is 1. The lowest BCUT2D eigenvalue weighted by molar-refractivity contribution is -0.0984. The van der Waals surface area contributed by atoms with E-state index in [0.29, 0.717) is 19.6 Å². The maximum absolute atomic E-state index is 12.9. The van der Waals surface area contributed by atoms with Crippen LogP contribution in [0.3, 0.4) is 0 Å². The number of unbranched alkanes of at least 4 members (excludes halogenated alkanes) is 12. The van der Waals surface area contributed by atoms with Gasteiger partial charge in [-0.15, -0.1) is 0 Å². The molecule has 196 valence electrons. The molecule has 0 spiro atoms. The minimum absolute atomic E-state index is 0.306. The highest BCUT2D eigenvalue weighted by atomic mass is 16.6. The van der Waals surface area contributed by atoms with E-state index in [2.05, 4.69) is 27.7 Å². The van der Waals surface area contributed by atoms with Crippen molar-refractivity contribution >= 4 is 6.09 Å². The molecule has 1 amide bonds. The van der Waals surface area contributed by atoms with Gasteiger partial charge in [0.1, 0.15) is 11.3 Å². The van der Waals surface area contributed by atoms with Gasteiger partial charge >= 0.3 is 6.09 Å². The predicted molar refractivity (Wildman–Crippen MR) is 137 cm³/mol. The first-order chi connectivity index (χ1) is 15.5. The quantitative estimate of drug-likeness (QED) is 0.234. The van der Waals surface area contributed by atoms with Crippen LogP contribution in [0.2, 0.25) is 0 Å². The number of amides is 1. The lowest BCUT2D eigenvalue weighted by Crippen LogP contribution is -2.67. The fourth-order valence-electron chi connectivity index (χ4n) is 5.36. The van der Waals surface area contributed by atoms with E-state index in [1.807, 2.05) is 20.8 Å². The molecule has 1 heterocycles. The maximum atomic E-state index is 12.9. The Bertz CT molecular complexity index is 543. The van der Waals surface area contributed by atoms with E-state index >= 15 is 0 Å². The van der Waals surface area contributed by atoms with E-state index in [9.17, 15) is 9.90 Å². The summed E-state index contributed by atoms with van der Waals surface area (Å²) in [7, 11) is 0. The summed E-state index contributed by atoms with van der Waals surface area (Å²) in [4.78, 5) is 14.6. The summed E-state index contributed by atoms with van der Waals surface area (Å²) < 4.78 is 11.4. The summed E-state index contributed by atoms with van der Waals surface area (Å²) in [5, 5.41) is 11.4. The molecule has 1 saturated heterocycles. The highest BCUT2D eigenvalue weighted by Gasteiger charge is 2.63. The average Bonchev–Trinajstić information content (AvgIpc) is 3.03. The number of hydrogen-bond donors (Lipinski definition) is 1. The van der Waals surface area contributed by atoms with Gasteiger partial charge < -0.3 is 14.6 Å². The van der Waals surface area contributed by atoms with Crippen LogP contribution in [0.5, 0.6) is 0 Å². The second kappa shape index (κ2) is 14.6. The molecule has 0 aliphatic carbocycles. The zero-order valence-corrected chi connectivity index (χ0v) is 23.0. The number of carbonyl (C=O) groups excluding carboxylic acids is 1. The SMILES string of the molecule is CCCCCCCCCCCCCCC[C@@H](O)C1(C(C)(C)C)COC(C)(C)N1C(=O)OCC. The smallest absolute Gasteiger partial charge is 0.412 e. The summed E-state index contributed by atoms with van der Waals surface area (Å²) in [5.74, 6) is 0. The summed E-state index contributed by atoms with van der Waals surface area (Å²) in [5.41, 5.74) is -1.97. The van der Waals surface area contributed by atoms with Crippen molar-refractivity contribution in [2.24, 2.45) is 5.41 Å². The van der Waals surface area contributed by atoms with Gasteiger partial charge in [-0.2, -0.15) is 0 Å². The average molecular weight is 470 g/mol. The molecule has 1 N–H and O–H groups in total. The molecule has 0 saturated carbocycles. The third-order valence-corrected chi connectivity index (χ3v) is 7.46. The lowest BCUT2D eigenvalue weighted by Gasteiger charge is -2.51. The third kappa shape index (κ3) is 8.72. The first kappa shape index (κ1) is 30.2. The van der Waals surface area contributed by atoms with E-state index < -0.39 is 23.5 Å². The zero-order chi connectivity index (χ0) is 25.0. The second-order valence-corrected chi connectivity index (χ2v) is 11.5. The first-order valence-electron chi connectivity index (χ1n) is 13.8. The van der Waals surface area contributed by atoms with Gasteiger partial charge in [-0.3, -0.25) is 4.90 Å². The Labute approximate surface area is 205 Å². The number of aliphatic hydroxyl groups is 1. The second-order valence-electron chi connectivity index (χ2n) is 11.5. The Morgan fingerprint density at radius 1 is 0.909 bits per heavy atom. The van der Waals surface area contributed by atoms with Crippen molar-refractivity contribution in [3.8, 4) is 0 Å². The molecule has 0 aromatic rings. The molecule has 33 heavy (non-hydrogen) atoms. The van der Waals surface area contributed by atoms with Crippen LogP contribution < -0.4 is 0 Å². The molecule has 5 heteroatoms. The van der Waals surface area contributed by atoms with Crippen LogP contribution in [0.25, 0.3) is 0 Å². The monoisotopic (exact) mass is 469 g/mol. The van der Waals surface area contributed by atoms with Gasteiger partial charge in [0.25, 0.3) is 0 Å². The van der Waals surface area contributed by atoms with Crippen molar-refractivity contribution in [2.75, 3.05) is 13.2 Å². The number of rotatable bonds is 16. The van der Waals surface area contributed by atoms with Gasteiger partial charge in [-0.1, -0.05) is 111 Å². The normalized spacial score (nSPS) is 21.4. The molecule has 1 aliphatic heterocycles. The van der Waals surface area contributed by atoms with Gasteiger partial charge in [-0.25, -0.2) is 4.79 Å². The van der Waals surface area contributed by atoms with E-state index in [1.165, 1.54) is 70.6 Å². The summed E-state index contributed by atoms with van der Waals surface area (Å²) in [6.07, 6.45) is 16.5. The molecule has 5 nitrogen and oxygen atoms in total. The minimum atomic E-state index is -0.809. The minimum Gasteiger partial charge on any atom is -0.450 e. The molecule has 0 radical (unpaired) electrons. The number of hydrogen-bond acceptors (Lipinski definition) is 4. The molecule has 1 fully saturated rings. The molecular formula is C28H55NO4. The Morgan fingerprint density at radius 2 is 1.36 bits per heavy atom. The molecule has 1 unspecified atom stereocenters. The van der Waals surface area contributed by atoms with Gasteiger partial charge in [0, 0.05) is 0 Å². The highest BCUT2D eigenvalue weighted by molar-refractivity contribution is 5.70. The van der Waals surface area contributed by atoms with Crippen LogP contribution >= 0.6 is 0 Å². The largest absolute Gasteiger partial charge is 0.450 e. The zero-order valence-electron chi connectivity index (χ0n) is 23.0. The topological polar surface area (TPSA) is 59.0 Å². The standard InChI is InChI=1S/C28H55NO4/c1-8-10-11-12-13-14-15-16-17-18-19-20-21-22-24(30)28(26(3,4)5)23-33-27(6,7)29(28)25(31)32-9-2/h24,30H,8-23H2,1-7H3/t24-,28?/m1/s1. The van der Waals surface area contributed by atoms with Crippen LogP contribution in [0.4, 0.5) is 4.79 Å². The molecule has 0 bridgehead atoms. The number of ether oxygens (including phenoxy) is 2. The van der Waals surface area contributed by atoms with Gasteiger partial charge in [-0.05, 0) is 32.6 Å². The third-order valence-electron chi connectivity index (χ3n) is 7.46.